The fraction of sp³-hybridized carbons (Fsp3) is 0.600. The third kappa shape index (κ3) is 12.5. The number of unbranched alkanes of at least 4 members (excludes halogenated alkanes) is 8. The van der Waals surface area contributed by atoms with Crippen molar-refractivity contribution in [2.75, 3.05) is 19.8 Å². The monoisotopic (exact) mass is 482 g/mol. The quantitative estimate of drug-likeness (QED) is 0.101. The molecule has 0 saturated heterocycles. The molecule has 0 fully saturated rings. The number of hydrogen-bond donors (Lipinski definition) is 2. The van der Waals surface area contributed by atoms with Gasteiger partial charge in [0.1, 0.15) is 6.10 Å². The number of benzene rings is 2. The van der Waals surface area contributed by atoms with Gasteiger partial charge in [0.25, 0.3) is 0 Å². The van der Waals surface area contributed by atoms with Gasteiger partial charge in [-0.05, 0) is 17.9 Å². The van der Waals surface area contributed by atoms with Crippen LogP contribution in [0.2, 0.25) is 0 Å². The molecule has 0 radical (unpaired) electrons. The summed E-state index contributed by atoms with van der Waals surface area (Å²) in [5, 5.41) is 2.04. The molecule has 0 spiro atoms. The molecule has 2 rings (SSSR count). The van der Waals surface area contributed by atoms with Gasteiger partial charge in [-0.25, -0.2) is 4.57 Å². The van der Waals surface area contributed by atoms with Crippen LogP contribution in [-0.4, -0.2) is 35.7 Å². The maximum atomic E-state index is 10.8. The molecule has 7 nitrogen and oxygen atoms in total. The lowest BCUT2D eigenvalue weighted by Crippen LogP contribution is -2.23. The summed E-state index contributed by atoms with van der Waals surface area (Å²) in [6, 6.07) is 13.8. The Kier molecular flexibility index (Phi) is 13.6. The minimum atomic E-state index is -4.48. The van der Waals surface area contributed by atoms with Crippen LogP contribution in [0.5, 0.6) is 5.75 Å². The lowest BCUT2D eigenvalue weighted by atomic mass is 10.1. The first kappa shape index (κ1) is 27.8. The highest BCUT2D eigenvalue weighted by Gasteiger charge is 2.15. The molecule has 1 unspecified atom stereocenters. The molecular formula is C25H39O7P. The molecule has 2 aromatic rings. The molecule has 0 aliphatic heterocycles. The van der Waals surface area contributed by atoms with E-state index in [1.165, 1.54) is 44.9 Å². The number of ether oxygens (including phenoxy) is 1. The Hall–Kier alpha value is -1.47. The van der Waals surface area contributed by atoms with E-state index in [0.29, 0.717) is 5.75 Å². The Bertz CT molecular complexity index is 818. The summed E-state index contributed by atoms with van der Waals surface area (Å²) in [5.41, 5.74) is 0. The van der Waals surface area contributed by atoms with Gasteiger partial charge in [-0.15, -0.1) is 0 Å². The van der Waals surface area contributed by atoms with E-state index in [4.69, 9.17) is 24.3 Å². The Labute approximate surface area is 197 Å². The van der Waals surface area contributed by atoms with E-state index in [0.717, 1.165) is 30.0 Å². The second-order valence-electron chi connectivity index (χ2n) is 8.29. The van der Waals surface area contributed by atoms with Crippen molar-refractivity contribution >= 4 is 18.6 Å². The average Bonchev–Trinajstić information content (AvgIpc) is 2.80. The zero-order valence-electron chi connectivity index (χ0n) is 19.7. The van der Waals surface area contributed by atoms with Gasteiger partial charge in [0.2, 0.25) is 0 Å². The molecule has 0 aliphatic carbocycles. The number of fused-ring (bicyclic) bond motifs is 1. The molecule has 0 aromatic heterocycles. The fourth-order valence-electron chi connectivity index (χ4n) is 3.66. The predicted octanol–water partition coefficient (Wildman–Crippen LogP) is 6.57. The standard InChI is InChI=1S/C25H39O7P/c1-2-3-4-5-6-7-8-9-10-16-23(21-29-19-20-30-33(26,27)28)31-32-25-18-13-15-22-14-11-12-17-24(22)25/h11-15,17-18,23H,2-10,16,19-21H2,1H3,(H2,26,27,28). The molecule has 33 heavy (non-hydrogen) atoms. The van der Waals surface area contributed by atoms with Crippen LogP contribution in [0.15, 0.2) is 42.5 Å². The van der Waals surface area contributed by atoms with Crippen molar-refractivity contribution in [1.82, 2.24) is 0 Å². The Balaban J connectivity index is 1.76. The van der Waals surface area contributed by atoms with Crippen molar-refractivity contribution in [3.8, 4) is 5.75 Å². The maximum absolute atomic E-state index is 10.8. The number of hydrogen-bond acceptors (Lipinski definition) is 5. The van der Waals surface area contributed by atoms with Gasteiger partial charge < -0.3 is 19.4 Å². The summed E-state index contributed by atoms with van der Waals surface area (Å²) in [5.74, 6) is 0.648. The highest BCUT2D eigenvalue weighted by molar-refractivity contribution is 7.46. The van der Waals surface area contributed by atoms with Gasteiger partial charge in [-0.2, -0.15) is 4.89 Å². The SMILES string of the molecule is CCCCCCCCCCCC(COCCOP(=O)(O)O)OOc1cccc2ccccc12. The molecule has 0 amide bonds. The number of phosphoric acid groups is 1. The van der Waals surface area contributed by atoms with E-state index >= 15 is 0 Å². The fourth-order valence-corrected chi connectivity index (χ4v) is 3.97. The van der Waals surface area contributed by atoms with Crippen LogP contribution in [0, 0.1) is 0 Å². The minimum Gasteiger partial charge on any atom is -0.376 e. The Morgan fingerprint density at radius 2 is 1.52 bits per heavy atom. The van der Waals surface area contributed by atoms with Gasteiger partial charge >= 0.3 is 7.82 Å². The average molecular weight is 483 g/mol. The minimum absolute atomic E-state index is 0.0665. The van der Waals surface area contributed by atoms with Crippen molar-refractivity contribution in [3.63, 3.8) is 0 Å². The molecule has 186 valence electrons. The Morgan fingerprint density at radius 3 is 2.24 bits per heavy atom. The largest absolute Gasteiger partial charge is 0.469 e. The van der Waals surface area contributed by atoms with Gasteiger partial charge in [-0.3, -0.25) is 4.52 Å². The van der Waals surface area contributed by atoms with Crippen LogP contribution < -0.4 is 4.89 Å². The van der Waals surface area contributed by atoms with Crippen LogP contribution in [0.4, 0.5) is 0 Å². The zero-order valence-corrected chi connectivity index (χ0v) is 20.6. The first-order chi connectivity index (χ1) is 16.0. The van der Waals surface area contributed by atoms with E-state index in [1.807, 2.05) is 42.5 Å². The normalized spacial score (nSPS) is 12.8. The summed E-state index contributed by atoms with van der Waals surface area (Å²) >= 11 is 0. The highest BCUT2D eigenvalue weighted by Crippen LogP contribution is 2.35. The molecular weight excluding hydrogens is 443 g/mol. The van der Waals surface area contributed by atoms with Gasteiger partial charge in [-0.1, -0.05) is 101 Å². The van der Waals surface area contributed by atoms with Crippen molar-refractivity contribution in [2.24, 2.45) is 0 Å². The zero-order chi connectivity index (χ0) is 23.8. The summed E-state index contributed by atoms with van der Waals surface area (Å²) in [7, 11) is -4.48. The van der Waals surface area contributed by atoms with E-state index in [-0.39, 0.29) is 25.9 Å². The van der Waals surface area contributed by atoms with Crippen LogP contribution in [-0.2, 0) is 18.7 Å². The Morgan fingerprint density at radius 1 is 0.848 bits per heavy atom. The summed E-state index contributed by atoms with van der Waals surface area (Å²) in [4.78, 5) is 28.9. The molecule has 0 heterocycles. The van der Waals surface area contributed by atoms with Gasteiger partial charge in [0, 0.05) is 5.39 Å². The summed E-state index contributed by atoms with van der Waals surface area (Å²) in [6.07, 6.45) is 11.6. The van der Waals surface area contributed by atoms with Crippen LogP contribution in [0.1, 0.15) is 71.1 Å². The van der Waals surface area contributed by atoms with Crippen LogP contribution >= 0.6 is 7.82 Å². The molecule has 0 saturated carbocycles. The highest BCUT2D eigenvalue weighted by atomic mass is 31.2. The van der Waals surface area contributed by atoms with Crippen molar-refractivity contribution in [3.05, 3.63) is 42.5 Å². The van der Waals surface area contributed by atoms with E-state index in [9.17, 15) is 4.57 Å². The van der Waals surface area contributed by atoms with E-state index in [2.05, 4.69) is 11.4 Å². The lowest BCUT2D eigenvalue weighted by Gasteiger charge is -2.18. The van der Waals surface area contributed by atoms with Crippen LogP contribution in [0.25, 0.3) is 10.8 Å². The molecule has 2 aromatic carbocycles. The van der Waals surface area contributed by atoms with Crippen molar-refractivity contribution in [1.29, 1.82) is 0 Å². The summed E-state index contributed by atoms with van der Waals surface area (Å²) < 4.78 is 20.7. The third-order valence-electron chi connectivity index (χ3n) is 5.44. The van der Waals surface area contributed by atoms with Crippen molar-refractivity contribution in [2.45, 2.75) is 77.2 Å². The van der Waals surface area contributed by atoms with Gasteiger partial charge in [0.05, 0.1) is 19.8 Å². The first-order valence-electron chi connectivity index (χ1n) is 12.1. The van der Waals surface area contributed by atoms with Crippen molar-refractivity contribution < 1.29 is 33.4 Å². The van der Waals surface area contributed by atoms with Crippen LogP contribution in [0.3, 0.4) is 0 Å². The molecule has 0 bridgehead atoms. The lowest BCUT2D eigenvalue weighted by molar-refractivity contribution is -0.256. The van der Waals surface area contributed by atoms with Gasteiger partial charge in [0.15, 0.2) is 5.75 Å². The molecule has 2 N–H and O–H groups in total. The molecule has 8 heteroatoms. The molecule has 1 atom stereocenters. The predicted molar refractivity (Wildman–Crippen MR) is 130 cm³/mol. The van der Waals surface area contributed by atoms with E-state index < -0.39 is 7.82 Å². The summed E-state index contributed by atoms with van der Waals surface area (Å²) in [6.45, 7) is 2.37. The molecule has 0 aliphatic rings. The number of rotatable bonds is 19. The smallest absolute Gasteiger partial charge is 0.376 e. The topological polar surface area (TPSA) is 94.5 Å². The maximum Gasteiger partial charge on any atom is 0.469 e. The third-order valence-corrected chi connectivity index (χ3v) is 5.96. The second-order valence-corrected chi connectivity index (χ2v) is 9.53. The first-order valence-corrected chi connectivity index (χ1v) is 13.6. The van der Waals surface area contributed by atoms with E-state index in [1.54, 1.807) is 0 Å². The number of phosphoric ester groups is 1. The second kappa shape index (κ2) is 16.2.